The Labute approximate surface area is 112 Å². The van der Waals surface area contributed by atoms with Gasteiger partial charge in [-0.15, -0.1) is 0 Å². The van der Waals surface area contributed by atoms with Crippen molar-refractivity contribution in [3.8, 4) is 17.1 Å². The van der Waals surface area contributed by atoms with Gasteiger partial charge in [-0.1, -0.05) is 0 Å². The molecule has 0 bridgehead atoms. The first-order valence-corrected chi connectivity index (χ1v) is 6.56. The second-order valence-corrected chi connectivity index (χ2v) is 4.83. The van der Waals surface area contributed by atoms with Gasteiger partial charge >= 0.3 is 0 Å². The molecule has 2 N–H and O–H groups in total. The summed E-state index contributed by atoms with van der Waals surface area (Å²) in [6.45, 7) is 0. The highest BCUT2D eigenvalue weighted by Gasteiger charge is 2.13. The number of aryl methyl sites for hydroxylation is 2. The van der Waals surface area contributed by atoms with Gasteiger partial charge in [0.1, 0.15) is 5.75 Å². The monoisotopic (exact) mass is 255 g/mol. The van der Waals surface area contributed by atoms with Crippen molar-refractivity contribution in [1.29, 1.82) is 0 Å². The van der Waals surface area contributed by atoms with Crippen molar-refractivity contribution in [2.24, 2.45) is 0 Å². The van der Waals surface area contributed by atoms with Crippen molar-refractivity contribution in [2.75, 3.05) is 12.8 Å². The van der Waals surface area contributed by atoms with Gasteiger partial charge in [0.15, 0.2) is 5.82 Å². The van der Waals surface area contributed by atoms with E-state index in [1.165, 1.54) is 24.1 Å². The van der Waals surface area contributed by atoms with Crippen LogP contribution in [0.2, 0.25) is 0 Å². The van der Waals surface area contributed by atoms with Crippen molar-refractivity contribution in [1.82, 2.24) is 9.97 Å². The van der Waals surface area contributed by atoms with Crippen LogP contribution in [0.15, 0.2) is 24.4 Å². The van der Waals surface area contributed by atoms with Crippen LogP contribution in [0.3, 0.4) is 0 Å². The molecule has 1 aliphatic carbocycles. The van der Waals surface area contributed by atoms with E-state index >= 15 is 0 Å². The summed E-state index contributed by atoms with van der Waals surface area (Å²) in [7, 11) is 1.61. The van der Waals surface area contributed by atoms with Crippen molar-refractivity contribution in [2.45, 2.75) is 25.7 Å². The lowest BCUT2D eigenvalue weighted by molar-refractivity contribution is 0.417. The molecule has 0 atom stereocenters. The molecule has 2 aromatic rings. The SMILES string of the molecule is COc1ccc(-c2ncc3c(n2)CCCC3)cc1N. The molecule has 0 aliphatic heterocycles. The maximum absolute atomic E-state index is 5.93. The van der Waals surface area contributed by atoms with Gasteiger partial charge in [0.25, 0.3) is 0 Å². The van der Waals surface area contributed by atoms with E-state index in [0.717, 1.165) is 24.2 Å². The molecule has 4 heteroatoms. The van der Waals surface area contributed by atoms with Crippen LogP contribution < -0.4 is 10.5 Å². The summed E-state index contributed by atoms with van der Waals surface area (Å²) < 4.78 is 5.16. The zero-order valence-electron chi connectivity index (χ0n) is 11.0. The van der Waals surface area contributed by atoms with Gasteiger partial charge in [-0.2, -0.15) is 0 Å². The van der Waals surface area contributed by atoms with Crippen LogP contribution in [0, 0.1) is 0 Å². The molecule has 0 fully saturated rings. The second-order valence-electron chi connectivity index (χ2n) is 4.83. The van der Waals surface area contributed by atoms with Crippen molar-refractivity contribution in [3.05, 3.63) is 35.7 Å². The van der Waals surface area contributed by atoms with Gasteiger partial charge in [-0.25, -0.2) is 9.97 Å². The largest absolute Gasteiger partial charge is 0.495 e. The number of nitrogens with two attached hydrogens (primary N) is 1. The molecule has 19 heavy (non-hydrogen) atoms. The first kappa shape index (κ1) is 12.0. The molecule has 0 unspecified atom stereocenters. The van der Waals surface area contributed by atoms with Crippen LogP contribution in [-0.2, 0) is 12.8 Å². The Kier molecular flexibility index (Phi) is 3.07. The predicted octanol–water partition coefficient (Wildman–Crippen LogP) is 2.61. The van der Waals surface area contributed by atoms with Crippen molar-refractivity contribution < 1.29 is 4.74 Å². The highest BCUT2D eigenvalue weighted by molar-refractivity contribution is 5.66. The number of fused-ring (bicyclic) bond motifs is 1. The van der Waals surface area contributed by atoms with Crippen LogP contribution in [-0.4, -0.2) is 17.1 Å². The van der Waals surface area contributed by atoms with Crippen LogP contribution in [0.25, 0.3) is 11.4 Å². The first-order chi connectivity index (χ1) is 9.28. The van der Waals surface area contributed by atoms with Crippen molar-refractivity contribution in [3.63, 3.8) is 0 Å². The first-order valence-electron chi connectivity index (χ1n) is 6.56. The lowest BCUT2D eigenvalue weighted by Gasteiger charge is -2.15. The predicted molar refractivity (Wildman–Crippen MR) is 75.1 cm³/mol. The third-order valence-electron chi connectivity index (χ3n) is 3.55. The average Bonchev–Trinajstić information content (AvgIpc) is 2.46. The number of anilines is 1. The molecule has 0 saturated carbocycles. The molecule has 1 aromatic carbocycles. The molecule has 98 valence electrons. The number of hydrogen-bond acceptors (Lipinski definition) is 4. The lowest BCUT2D eigenvalue weighted by atomic mass is 9.97. The minimum Gasteiger partial charge on any atom is -0.495 e. The Morgan fingerprint density at radius 3 is 2.84 bits per heavy atom. The molecular weight excluding hydrogens is 238 g/mol. The van der Waals surface area contributed by atoms with E-state index in [4.69, 9.17) is 10.5 Å². The van der Waals surface area contributed by atoms with Crippen molar-refractivity contribution >= 4 is 5.69 Å². The Hall–Kier alpha value is -2.10. The summed E-state index contributed by atoms with van der Waals surface area (Å²) in [5, 5.41) is 0. The summed E-state index contributed by atoms with van der Waals surface area (Å²) in [6.07, 6.45) is 6.56. The number of nitrogens with zero attached hydrogens (tertiary/aromatic N) is 2. The fourth-order valence-electron chi connectivity index (χ4n) is 2.49. The average molecular weight is 255 g/mol. The molecule has 0 saturated heterocycles. The fraction of sp³-hybridized carbons (Fsp3) is 0.333. The maximum Gasteiger partial charge on any atom is 0.159 e. The number of nitrogen functional groups attached to an aromatic ring is 1. The number of benzene rings is 1. The zero-order valence-corrected chi connectivity index (χ0v) is 11.0. The molecule has 1 aliphatic rings. The highest BCUT2D eigenvalue weighted by atomic mass is 16.5. The molecular formula is C15H17N3O. The lowest BCUT2D eigenvalue weighted by Crippen LogP contribution is -2.07. The Morgan fingerprint density at radius 2 is 2.05 bits per heavy atom. The van der Waals surface area contributed by atoms with E-state index in [1.54, 1.807) is 7.11 Å². The minimum absolute atomic E-state index is 0.612. The normalized spacial score (nSPS) is 13.9. The molecule has 4 nitrogen and oxygen atoms in total. The van der Waals surface area contributed by atoms with Crippen LogP contribution in [0.4, 0.5) is 5.69 Å². The van der Waals surface area contributed by atoms with Crippen LogP contribution in [0.1, 0.15) is 24.1 Å². The number of methoxy groups -OCH3 is 1. The van der Waals surface area contributed by atoms with E-state index in [-0.39, 0.29) is 0 Å². The van der Waals surface area contributed by atoms with Gasteiger partial charge in [-0.3, -0.25) is 0 Å². The van der Waals surface area contributed by atoms with Gasteiger partial charge < -0.3 is 10.5 Å². The summed E-state index contributed by atoms with van der Waals surface area (Å²) in [5.74, 6) is 1.43. The molecule has 0 radical (unpaired) electrons. The van der Waals surface area contributed by atoms with Crippen LogP contribution >= 0.6 is 0 Å². The number of ether oxygens (including phenoxy) is 1. The molecule has 0 spiro atoms. The zero-order chi connectivity index (χ0) is 13.2. The third-order valence-corrected chi connectivity index (χ3v) is 3.55. The molecule has 1 heterocycles. The van der Waals surface area contributed by atoms with Gasteiger partial charge in [0.2, 0.25) is 0 Å². The van der Waals surface area contributed by atoms with Crippen LogP contribution in [0.5, 0.6) is 5.75 Å². The van der Waals surface area contributed by atoms with E-state index in [2.05, 4.69) is 9.97 Å². The smallest absolute Gasteiger partial charge is 0.159 e. The third kappa shape index (κ3) is 2.26. The summed E-state index contributed by atoms with van der Waals surface area (Å²) in [6, 6.07) is 5.66. The number of hydrogen-bond donors (Lipinski definition) is 1. The number of aromatic nitrogens is 2. The Morgan fingerprint density at radius 1 is 1.21 bits per heavy atom. The second kappa shape index (κ2) is 4.88. The van der Waals surface area contributed by atoms with E-state index in [1.807, 2.05) is 24.4 Å². The van der Waals surface area contributed by atoms with Gasteiger partial charge in [0, 0.05) is 17.5 Å². The summed E-state index contributed by atoms with van der Waals surface area (Å²) in [5.41, 5.74) is 9.95. The van der Waals surface area contributed by atoms with E-state index in [9.17, 15) is 0 Å². The minimum atomic E-state index is 0.612. The molecule has 0 amide bonds. The summed E-state index contributed by atoms with van der Waals surface area (Å²) in [4.78, 5) is 9.12. The fourth-order valence-corrected chi connectivity index (χ4v) is 2.49. The Bertz CT molecular complexity index is 610. The summed E-state index contributed by atoms with van der Waals surface area (Å²) >= 11 is 0. The van der Waals surface area contributed by atoms with Gasteiger partial charge in [0.05, 0.1) is 12.8 Å². The standard InChI is InChI=1S/C15H17N3O/c1-19-14-7-6-10(8-12(14)16)15-17-9-11-4-2-3-5-13(11)18-15/h6-9H,2-5,16H2,1H3. The molecule has 1 aromatic heterocycles. The Balaban J connectivity index is 2.00. The topological polar surface area (TPSA) is 61.0 Å². The van der Waals surface area contributed by atoms with E-state index in [0.29, 0.717) is 11.4 Å². The number of rotatable bonds is 2. The maximum atomic E-state index is 5.93. The van der Waals surface area contributed by atoms with Gasteiger partial charge in [-0.05, 0) is 49.4 Å². The highest BCUT2D eigenvalue weighted by Crippen LogP contribution is 2.28. The molecule has 3 rings (SSSR count). The quantitative estimate of drug-likeness (QED) is 0.838. The van der Waals surface area contributed by atoms with E-state index < -0.39 is 0 Å².